The van der Waals surface area contributed by atoms with Crippen molar-refractivity contribution in [2.75, 3.05) is 5.32 Å². The monoisotopic (exact) mass is 307 g/mol. The van der Waals surface area contributed by atoms with E-state index in [-0.39, 0.29) is 17.3 Å². The molecule has 0 unspecified atom stereocenters. The second kappa shape index (κ2) is 6.14. The van der Waals surface area contributed by atoms with E-state index in [0.29, 0.717) is 16.4 Å². The van der Waals surface area contributed by atoms with Crippen LogP contribution in [0.2, 0.25) is 5.02 Å². The third-order valence-electron chi connectivity index (χ3n) is 3.12. The van der Waals surface area contributed by atoms with Gasteiger partial charge in [0.1, 0.15) is 5.82 Å². The molecule has 2 rings (SSSR count). The van der Waals surface area contributed by atoms with Crippen molar-refractivity contribution in [3.63, 3.8) is 0 Å². The molecule has 0 saturated carbocycles. The summed E-state index contributed by atoms with van der Waals surface area (Å²) in [6, 6.07) is 8.97. The van der Waals surface area contributed by atoms with Gasteiger partial charge in [-0.1, -0.05) is 25.4 Å². The molecule has 3 nitrogen and oxygen atoms in total. The summed E-state index contributed by atoms with van der Waals surface area (Å²) in [5, 5.41) is 12.6. The SMILES string of the molecule is CC(C)c1cc(F)ccc1Nc1ccc(Cl)cc1C(=O)O. The highest BCUT2D eigenvalue weighted by Gasteiger charge is 2.14. The fourth-order valence-electron chi connectivity index (χ4n) is 2.07. The first-order valence-corrected chi connectivity index (χ1v) is 6.85. The zero-order valence-corrected chi connectivity index (χ0v) is 12.4. The van der Waals surface area contributed by atoms with Gasteiger partial charge in [-0.3, -0.25) is 0 Å². The zero-order valence-electron chi connectivity index (χ0n) is 11.7. The van der Waals surface area contributed by atoms with Crippen molar-refractivity contribution in [3.05, 3.63) is 58.4 Å². The van der Waals surface area contributed by atoms with Gasteiger partial charge in [0, 0.05) is 10.7 Å². The topological polar surface area (TPSA) is 49.3 Å². The van der Waals surface area contributed by atoms with Crippen LogP contribution < -0.4 is 5.32 Å². The van der Waals surface area contributed by atoms with Gasteiger partial charge in [0.05, 0.1) is 11.3 Å². The van der Waals surface area contributed by atoms with Crippen molar-refractivity contribution in [1.82, 2.24) is 0 Å². The molecule has 0 aromatic heterocycles. The Hall–Kier alpha value is -2.07. The molecule has 0 amide bonds. The summed E-state index contributed by atoms with van der Waals surface area (Å²) >= 11 is 5.83. The Kier molecular flexibility index (Phi) is 4.48. The maximum atomic E-state index is 13.4. The number of hydrogen-bond donors (Lipinski definition) is 2. The Morgan fingerprint density at radius 2 is 1.86 bits per heavy atom. The summed E-state index contributed by atoms with van der Waals surface area (Å²) in [4.78, 5) is 11.3. The summed E-state index contributed by atoms with van der Waals surface area (Å²) in [6.45, 7) is 3.89. The molecule has 2 aromatic rings. The summed E-state index contributed by atoms with van der Waals surface area (Å²) in [6.07, 6.45) is 0. The molecule has 2 aromatic carbocycles. The molecule has 0 aliphatic carbocycles. The number of halogens is 2. The van der Waals surface area contributed by atoms with E-state index in [1.165, 1.54) is 18.2 Å². The number of carbonyl (C=O) groups is 1. The first kappa shape index (κ1) is 15.3. The smallest absolute Gasteiger partial charge is 0.337 e. The minimum absolute atomic E-state index is 0.0709. The number of hydrogen-bond acceptors (Lipinski definition) is 2. The van der Waals surface area contributed by atoms with E-state index >= 15 is 0 Å². The molecule has 5 heteroatoms. The Labute approximate surface area is 127 Å². The molecule has 2 N–H and O–H groups in total. The Balaban J connectivity index is 2.46. The predicted octanol–water partition coefficient (Wildman–Crippen LogP) is 5.04. The molecule has 0 fully saturated rings. The van der Waals surface area contributed by atoms with E-state index in [0.717, 1.165) is 5.56 Å². The minimum atomic E-state index is -1.08. The molecular weight excluding hydrogens is 293 g/mol. The van der Waals surface area contributed by atoms with Gasteiger partial charge < -0.3 is 10.4 Å². The highest BCUT2D eigenvalue weighted by atomic mass is 35.5. The molecular formula is C16H15ClFNO2. The molecule has 0 spiro atoms. The van der Waals surface area contributed by atoms with E-state index in [1.807, 2.05) is 13.8 Å². The largest absolute Gasteiger partial charge is 0.478 e. The number of aromatic carboxylic acids is 1. The van der Waals surface area contributed by atoms with Gasteiger partial charge in [-0.05, 0) is 47.9 Å². The standard InChI is InChI=1S/C16H15ClFNO2/c1-9(2)12-8-11(18)4-6-14(12)19-15-5-3-10(17)7-13(15)16(20)21/h3-9,19H,1-2H3,(H,20,21). The molecule has 0 bridgehead atoms. The van der Waals surface area contributed by atoms with Crippen molar-refractivity contribution in [2.24, 2.45) is 0 Å². The lowest BCUT2D eigenvalue weighted by Gasteiger charge is -2.16. The molecule has 0 heterocycles. The minimum Gasteiger partial charge on any atom is -0.478 e. The van der Waals surface area contributed by atoms with E-state index in [2.05, 4.69) is 5.32 Å². The second-order valence-electron chi connectivity index (χ2n) is 5.01. The molecule has 0 radical (unpaired) electrons. The van der Waals surface area contributed by atoms with Gasteiger partial charge in [-0.2, -0.15) is 0 Å². The third kappa shape index (κ3) is 3.52. The lowest BCUT2D eigenvalue weighted by molar-refractivity contribution is 0.0698. The van der Waals surface area contributed by atoms with Gasteiger partial charge in [0.25, 0.3) is 0 Å². The molecule has 110 valence electrons. The van der Waals surface area contributed by atoms with Gasteiger partial charge in [-0.15, -0.1) is 0 Å². The Morgan fingerprint density at radius 1 is 1.19 bits per heavy atom. The zero-order chi connectivity index (χ0) is 15.6. The first-order valence-electron chi connectivity index (χ1n) is 6.48. The van der Waals surface area contributed by atoms with Crippen molar-refractivity contribution in [2.45, 2.75) is 19.8 Å². The summed E-state index contributed by atoms with van der Waals surface area (Å²) in [7, 11) is 0. The van der Waals surface area contributed by atoms with Crippen LogP contribution >= 0.6 is 11.6 Å². The van der Waals surface area contributed by atoms with Crippen LogP contribution in [0.3, 0.4) is 0 Å². The first-order chi connectivity index (χ1) is 9.88. The van der Waals surface area contributed by atoms with E-state index in [1.54, 1.807) is 18.2 Å². The van der Waals surface area contributed by atoms with Crippen LogP contribution in [0.5, 0.6) is 0 Å². The lowest BCUT2D eigenvalue weighted by Crippen LogP contribution is -2.05. The maximum Gasteiger partial charge on any atom is 0.337 e. The fourth-order valence-corrected chi connectivity index (χ4v) is 2.24. The summed E-state index contributed by atoms with van der Waals surface area (Å²) < 4.78 is 13.4. The van der Waals surface area contributed by atoms with Gasteiger partial charge in [-0.25, -0.2) is 9.18 Å². The number of anilines is 2. The van der Waals surface area contributed by atoms with Gasteiger partial charge >= 0.3 is 5.97 Å². The fraction of sp³-hybridized carbons (Fsp3) is 0.188. The molecule has 0 saturated heterocycles. The summed E-state index contributed by atoms with van der Waals surface area (Å²) in [5.41, 5.74) is 1.94. The highest BCUT2D eigenvalue weighted by molar-refractivity contribution is 6.31. The van der Waals surface area contributed by atoms with Gasteiger partial charge in [0.15, 0.2) is 0 Å². The average Bonchev–Trinajstić information content (AvgIpc) is 2.42. The van der Waals surface area contributed by atoms with Crippen molar-refractivity contribution in [1.29, 1.82) is 0 Å². The number of carboxylic acid groups (broad SMARTS) is 1. The van der Waals surface area contributed by atoms with Crippen LogP contribution in [-0.2, 0) is 0 Å². The van der Waals surface area contributed by atoms with Gasteiger partial charge in [0.2, 0.25) is 0 Å². The Morgan fingerprint density at radius 3 is 2.48 bits per heavy atom. The molecule has 21 heavy (non-hydrogen) atoms. The summed E-state index contributed by atoms with van der Waals surface area (Å²) in [5.74, 6) is -1.30. The number of nitrogens with one attached hydrogen (secondary N) is 1. The number of rotatable bonds is 4. The van der Waals surface area contributed by atoms with Crippen LogP contribution in [0.15, 0.2) is 36.4 Å². The highest BCUT2D eigenvalue weighted by Crippen LogP contribution is 2.30. The van der Waals surface area contributed by atoms with Crippen LogP contribution in [0, 0.1) is 5.82 Å². The number of benzene rings is 2. The van der Waals surface area contributed by atoms with Crippen LogP contribution in [0.4, 0.5) is 15.8 Å². The molecule has 0 atom stereocenters. The van der Waals surface area contributed by atoms with Crippen LogP contribution in [0.1, 0.15) is 35.7 Å². The number of carboxylic acids is 1. The van der Waals surface area contributed by atoms with Crippen molar-refractivity contribution < 1.29 is 14.3 Å². The van der Waals surface area contributed by atoms with Crippen molar-refractivity contribution >= 4 is 28.9 Å². The predicted molar refractivity (Wildman–Crippen MR) is 82.2 cm³/mol. The van der Waals surface area contributed by atoms with E-state index < -0.39 is 5.97 Å². The van der Waals surface area contributed by atoms with Crippen molar-refractivity contribution in [3.8, 4) is 0 Å². The van der Waals surface area contributed by atoms with Crippen LogP contribution in [-0.4, -0.2) is 11.1 Å². The maximum absolute atomic E-state index is 13.4. The second-order valence-corrected chi connectivity index (χ2v) is 5.44. The van der Waals surface area contributed by atoms with Crippen LogP contribution in [0.25, 0.3) is 0 Å². The Bertz CT molecular complexity index is 686. The quantitative estimate of drug-likeness (QED) is 0.831. The lowest BCUT2D eigenvalue weighted by atomic mass is 10.0. The average molecular weight is 308 g/mol. The molecule has 0 aliphatic heterocycles. The van der Waals surface area contributed by atoms with E-state index in [9.17, 15) is 14.3 Å². The normalized spacial score (nSPS) is 10.7. The van der Waals surface area contributed by atoms with E-state index in [4.69, 9.17) is 11.6 Å². The molecule has 0 aliphatic rings. The third-order valence-corrected chi connectivity index (χ3v) is 3.35.